The minimum Gasteiger partial charge on any atom is -0.443 e. The Balaban J connectivity index is 1.65. The van der Waals surface area contributed by atoms with Crippen LogP contribution in [0.3, 0.4) is 0 Å². The van der Waals surface area contributed by atoms with Gasteiger partial charge in [0.1, 0.15) is 9.73 Å². The van der Waals surface area contributed by atoms with Crippen molar-refractivity contribution in [3.63, 3.8) is 0 Å². The van der Waals surface area contributed by atoms with Crippen LogP contribution < -0.4 is 4.72 Å². The zero-order valence-corrected chi connectivity index (χ0v) is 13.1. The molecule has 0 unspecified atom stereocenters. The van der Waals surface area contributed by atoms with E-state index < -0.39 is 10.0 Å². The summed E-state index contributed by atoms with van der Waals surface area (Å²) in [5.41, 5.74) is 2.47. The molecule has 3 rings (SSSR count). The summed E-state index contributed by atoms with van der Waals surface area (Å²) in [5.74, 6) is 0. The maximum atomic E-state index is 12.0. The van der Waals surface area contributed by atoms with Crippen LogP contribution in [0.5, 0.6) is 0 Å². The molecule has 8 heteroatoms. The molecule has 1 aromatic carbocycles. The first-order valence-corrected chi connectivity index (χ1v) is 8.79. The smallest absolute Gasteiger partial charge is 0.250 e. The maximum absolute atomic E-state index is 12.0. The third-order valence-electron chi connectivity index (χ3n) is 2.91. The molecule has 0 radical (unpaired) electrons. The van der Waals surface area contributed by atoms with Gasteiger partial charge in [0.25, 0.3) is 0 Å². The third-order valence-corrected chi connectivity index (χ3v) is 6.10. The molecule has 0 amide bonds. The van der Waals surface area contributed by atoms with Gasteiger partial charge in [-0.1, -0.05) is 17.7 Å². The fourth-order valence-electron chi connectivity index (χ4n) is 1.90. The lowest BCUT2D eigenvalue weighted by Crippen LogP contribution is -2.25. The Hall–Kier alpha value is -1.41. The molecule has 0 bridgehead atoms. The Bertz CT molecular complexity index is 870. The van der Waals surface area contributed by atoms with Gasteiger partial charge in [-0.15, -0.1) is 11.3 Å². The minimum absolute atomic E-state index is 0.222. The Kier molecular flexibility index (Phi) is 3.99. The number of nitrogens with one attached hydrogen (secondary N) is 1. The molecule has 0 aliphatic rings. The van der Waals surface area contributed by atoms with Gasteiger partial charge in [0.15, 0.2) is 12.0 Å². The van der Waals surface area contributed by atoms with Gasteiger partial charge >= 0.3 is 0 Å². The standard InChI is InChI=1S/C13H11ClN2O3S2/c14-12-3-4-13(20-12)21(17,18)16-6-5-9-1-2-11-10(7-9)15-8-19-11/h1-4,7-8,16H,5-6H2. The summed E-state index contributed by atoms with van der Waals surface area (Å²) < 4.78 is 32.4. The highest BCUT2D eigenvalue weighted by atomic mass is 35.5. The van der Waals surface area contributed by atoms with Crippen molar-refractivity contribution in [2.75, 3.05) is 6.54 Å². The van der Waals surface area contributed by atoms with Crippen LogP contribution >= 0.6 is 22.9 Å². The fourth-order valence-corrected chi connectivity index (χ4v) is 4.46. The number of fused-ring (bicyclic) bond motifs is 1. The van der Waals surface area contributed by atoms with Crippen LogP contribution in [0.15, 0.2) is 45.4 Å². The number of sulfonamides is 1. The fraction of sp³-hybridized carbons (Fsp3) is 0.154. The van der Waals surface area contributed by atoms with E-state index in [1.54, 1.807) is 6.07 Å². The topological polar surface area (TPSA) is 72.2 Å². The minimum atomic E-state index is -3.49. The van der Waals surface area contributed by atoms with E-state index in [-0.39, 0.29) is 4.21 Å². The molecule has 0 fully saturated rings. The first-order valence-electron chi connectivity index (χ1n) is 6.12. The summed E-state index contributed by atoms with van der Waals surface area (Å²) >= 11 is 6.79. The molecule has 2 aromatic heterocycles. The van der Waals surface area contributed by atoms with Crippen LogP contribution in [0.25, 0.3) is 11.1 Å². The second-order valence-electron chi connectivity index (χ2n) is 4.36. The van der Waals surface area contributed by atoms with Crippen LogP contribution in [0.1, 0.15) is 5.56 Å². The Morgan fingerprint density at radius 2 is 2.14 bits per heavy atom. The predicted octanol–water partition coefficient (Wildman–Crippen LogP) is 3.06. The second-order valence-corrected chi connectivity index (χ2v) is 8.07. The lowest BCUT2D eigenvalue weighted by Gasteiger charge is -2.04. The van der Waals surface area contributed by atoms with Crippen LogP contribution in [0.4, 0.5) is 0 Å². The molecular weight excluding hydrogens is 332 g/mol. The first-order chi connectivity index (χ1) is 10.0. The molecule has 0 aliphatic carbocycles. The Morgan fingerprint density at radius 1 is 1.29 bits per heavy atom. The van der Waals surface area contributed by atoms with E-state index in [0.717, 1.165) is 22.4 Å². The molecule has 0 aliphatic heterocycles. The van der Waals surface area contributed by atoms with Gasteiger partial charge in [-0.05, 0) is 36.2 Å². The maximum Gasteiger partial charge on any atom is 0.250 e. The normalized spacial score (nSPS) is 12.0. The van der Waals surface area contributed by atoms with Crippen molar-refractivity contribution in [2.45, 2.75) is 10.6 Å². The van der Waals surface area contributed by atoms with Gasteiger partial charge in [-0.3, -0.25) is 0 Å². The lowest BCUT2D eigenvalue weighted by atomic mass is 10.1. The van der Waals surface area contributed by atoms with Crippen molar-refractivity contribution in [1.82, 2.24) is 9.71 Å². The molecule has 0 saturated heterocycles. The van der Waals surface area contributed by atoms with E-state index >= 15 is 0 Å². The third kappa shape index (κ3) is 3.26. The number of hydrogen-bond acceptors (Lipinski definition) is 5. The molecule has 3 aromatic rings. The van der Waals surface area contributed by atoms with Crippen molar-refractivity contribution in [2.24, 2.45) is 0 Å². The van der Waals surface area contributed by atoms with E-state index in [1.807, 2.05) is 18.2 Å². The van der Waals surface area contributed by atoms with E-state index in [1.165, 1.54) is 12.5 Å². The number of aromatic nitrogens is 1. The van der Waals surface area contributed by atoms with Gasteiger partial charge < -0.3 is 4.42 Å². The number of benzene rings is 1. The van der Waals surface area contributed by atoms with Gasteiger partial charge in [0, 0.05) is 6.54 Å². The number of hydrogen-bond donors (Lipinski definition) is 1. The molecule has 21 heavy (non-hydrogen) atoms. The van der Waals surface area contributed by atoms with Crippen molar-refractivity contribution < 1.29 is 12.8 Å². The van der Waals surface area contributed by atoms with Crippen LogP contribution in [0.2, 0.25) is 4.34 Å². The van der Waals surface area contributed by atoms with Gasteiger partial charge in [-0.2, -0.15) is 0 Å². The number of oxazole rings is 1. The van der Waals surface area contributed by atoms with Crippen molar-refractivity contribution >= 4 is 44.1 Å². The first kappa shape index (κ1) is 14.5. The average molecular weight is 343 g/mol. The second kappa shape index (κ2) is 5.76. The molecule has 0 spiro atoms. The van der Waals surface area contributed by atoms with Gasteiger partial charge in [-0.25, -0.2) is 18.1 Å². The highest BCUT2D eigenvalue weighted by molar-refractivity contribution is 7.91. The van der Waals surface area contributed by atoms with Crippen molar-refractivity contribution in [3.8, 4) is 0 Å². The van der Waals surface area contributed by atoms with E-state index in [9.17, 15) is 8.42 Å². The van der Waals surface area contributed by atoms with Crippen LogP contribution in [-0.2, 0) is 16.4 Å². The molecule has 2 heterocycles. The van der Waals surface area contributed by atoms with Gasteiger partial charge in [0.05, 0.1) is 4.34 Å². The molecular formula is C13H11ClN2O3S2. The largest absolute Gasteiger partial charge is 0.443 e. The summed E-state index contributed by atoms with van der Waals surface area (Å²) in [6, 6.07) is 8.67. The number of thiophene rings is 1. The summed E-state index contributed by atoms with van der Waals surface area (Å²) in [5, 5.41) is 0. The molecule has 0 saturated carbocycles. The van der Waals surface area contributed by atoms with Crippen molar-refractivity contribution in [3.05, 3.63) is 46.6 Å². The summed E-state index contributed by atoms with van der Waals surface area (Å²) in [7, 11) is -3.49. The summed E-state index contributed by atoms with van der Waals surface area (Å²) in [6.07, 6.45) is 1.96. The van der Waals surface area contributed by atoms with Crippen LogP contribution in [-0.4, -0.2) is 19.9 Å². The lowest BCUT2D eigenvalue weighted by molar-refractivity contribution is 0.583. The van der Waals surface area contributed by atoms with Crippen LogP contribution in [0, 0.1) is 0 Å². The molecule has 0 atom stereocenters. The quantitative estimate of drug-likeness (QED) is 0.773. The number of rotatable bonds is 5. The highest BCUT2D eigenvalue weighted by Crippen LogP contribution is 2.25. The van der Waals surface area contributed by atoms with Gasteiger partial charge in [0.2, 0.25) is 10.0 Å². The van der Waals surface area contributed by atoms with E-state index in [0.29, 0.717) is 22.9 Å². The average Bonchev–Trinajstić information content (AvgIpc) is 3.06. The zero-order chi connectivity index (χ0) is 14.9. The van der Waals surface area contributed by atoms with E-state index in [4.69, 9.17) is 16.0 Å². The monoisotopic (exact) mass is 342 g/mol. The zero-order valence-electron chi connectivity index (χ0n) is 10.7. The summed E-state index contributed by atoms with van der Waals surface area (Å²) in [6.45, 7) is 0.307. The summed E-state index contributed by atoms with van der Waals surface area (Å²) in [4.78, 5) is 4.07. The molecule has 5 nitrogen and oxygen atoms in total. The number of nitrogens with zero attached hydrogens (tertiary/aromatic N) is 1. The SMILES string of the molecule is O=S(=O)(NCCc1ccc2ocnc2c1)c1ccc(Cl)s1. The highest BCUT2D eigenvalue weighted by Gasteiger charge is 2.15. The molecule has 110 valence electrons. The van der Waals surface area contributed by atoms with Crippen molar-refractivity contribution in [1.29, 1.82) is 0 Å². The van der Waals surface area contributed by atoms with E-state index in [2.05, 4.69) is 9.71 Å². The molecule has 1 N–H and O–H groups in total. The Morgan fingerprint density at radius 3 is 2.90 bits per heavy atom. The Labute approximate surface area is 130 Å². The number of halogens is 1. The predicted molar refractivity (Wildman–Crippen MR) is 82.2 cm³/mol.